The first-order valence-electron chi connectivity index (χ1n) is 2.91. The lowest BCUT2D eigenvalue weighted by Gasteiger charge is -2.05. The van der Waals surface area contributed by atoms with Gasteiger partial charge in [0.25, 0.3) is 0 Å². The van der Waals surface area contributed by atoms with Crippen molar-refractivity contribution in [2.75, 3.05) is 6.26 Å². The van der Waals surface area contributed by atoms with Crippen LogP contribution in [0.5, 0.6) is 0 Å². The van der Waals surface area contributed by atoms with Gasteiger partial charge in [-0.1, -0.05) is 5.56 Å². The average molecular weight is 154 g/mol. The maximum absolute atomic E-state index is 10.6. The maximum Gasteiger partial charge on any atom is 0.125 e. The van der Waals surface area contributed by atoms with Crippen molar-refractivity contribution in [3.63, 3.8) is 0 Å². The van der Waals surface area contributed by atoms with E-state index in [9.17, 15) is 5.21 Å². The van der Waals surface area contributed by atoms with E-state index >= 15 is 0 Å². The summed E-state index contributed by atoms with van der Waals surface area (Å²) in [6, 6.07) is 3.53. The van der Waals surface area contributed by atoms with Crippen molar-refractivity contribution in [3.8, 4) is 0 Å². The van der Waals surface area contributed by atoms with Crippen molar-refractivity contribution in [1.82, 2.24) is 0 Å². The first-order chi connectivity index (χ1) is 4.83. The standard InChI is InChI=1S/C7H8NOS/c1-10-6-7-3-2-4-8(9)5-7/h2-3,5H,6H2,1H3/q-1. The number of pyridine rings is 1. The molecule has 0 aromatic carbocycles. The molecule has 2 nitrogen and oxygen atoms in total. The first-order valence-corrected chi connectivity index (χ1v) is 4.31. The lowest BCUT2D eigenvalue weighted by atomic mass is 10.3. The molecule has 0 spiro atoms. The van der Waals surface area contributed by atoms with E-state index < -0.39 is 0 Å². The fourth-order valence-corrected chi connectivity index (χ4v) is 1.20. The fraction of sp³-hybridized carbons (Fsp3) is 0.286. The van der Waals surface area contributed by atoms with Gasteiger partial charge in [-0.2, -0.15) is 17.8 Å². The minimum absolute atomic E-state index is 0.700. The topological polar surface area (TPSA) is 26.9 Å². The molecule has 0 bridgehead atoms. The van der Waals surface area contributed by atoms with Gasteiger partial charge in [-0.15, -0.1) is 6.07 Å². The Bertz CT molecular complexity index is 215. The molecule has 0 aliphatic rings. The third-order valence-corrected chi connectivity index (χ3v) is 1.72. The summed E-state index contributed by atoms with van der Waals surface area (Å²) in [5, 5.41) is 10.6. The monoisotopic (exact) mass is 154 g/mol. The van der Waals surface area contributed by atoms with Gasteiger partial charge in [0.05, 0.1) is 6.20 Å². The molecule has 0 saturated carbocycles. The summed E-state index contributed by atoms with van der Waals surface area (Å²) >= 11 is 1.70. The Labute approximate surface area is 64.5 Å². The maximum atomic E-state index is 10.6. The number of hydrogen-bond acceptors (Lipinski definition) is 2. The van der Waals surface area contributed by atoms with Crippen molar-refractivity contribution >= 4 is 11.8 Å². The van der Waals surface area contributed by atoms with E-state index in [1.165, 1.54) is 6.20 Å². The van der Waals surface area contributed by atoms with E-state index in [1.54, 1.807) is 17.8 Å². The van der Waals surface area contributed by atoms with Crippen LogP contribution in [0.3, 0.4) is 0 Å². The molecule has 0 aliphatic heterocycles. The van der Waals surface area contributed by atoms with Crippen LogP contribution in [0.2, 0.25) is 0 Å². The molecule has 1 heterocycles. The van der Waals surface area contributed by atoms with Crippen LogP contribution in [0.25, 0.3) is 0 Å². The minimum Gasteiger partial charge on any atom is -0.641 e. The van der Waals surface area contributed by atoms with Crippen LogP contribution in [0.1, 0.15) is 5.56 Å². The fourth-order valence-electron chi connectivity index (χ4n) is 0.701. The molecule has 54 valence electrons. The SMILES string of the molecule is CSCc1cc[c-][n+]([O-])c1. The molecule has 0 aliphatic carbocycles. The van der Waals surface area contributed by atoms with Gasteiger partial charge < -0.3 is 5.21 Å². The van der Waals surface area contributed by atoms with E-state index in [-0.39, 0.29) is 0 Å². The molecule has 0 amide bonds. The number of aromatic nitrogens is 1. The molecule has 1 aromatic rings. The van der Waals surface area contributed by atoms with E-state index in [1.807, 2.05) is 12.3 Å². The van der Waals surface area contributed by atoms with Crippen LogP contribution < -0.4 is 4.73 Å². The van der Waals surface area contributed by atoms with E-state index in [0.29, 0.717) is 4.73 Å². The normalized spacial score (nSPS) is 9.70. The molecule has 0 saturated heterocycles. The van der Waals surface area contributed by atoms with Crippen molar-refractivity contribution in [1.29, 1.82) is 0 Å². The minimum atomic E-state index is 0.700. The van der Waals surface area contributed by atoms with Gasteiger partial charge in [-0.3, -0.25) is 4.73 Å². The molecule has 0 fully saturated rings. The lowest BCUT2D eigenvalue weighted by molar-refractivity contribution is -0.610. The van der Waals surface area contributed by atoms with Gasteiger partial charge in [0.1, 0.15) is 6.20 Å². The highest BCUT2D eigenvalue weighted by atomic mass is 32.2. The van der Waals surface area contributed by atoms with Crippen molar-refractivity contribution < 1.29 is 4.73 Å². The molecule has 0 N–H and O–H groups in total. The van der Waals surface area contributed by atoms with Gasteiger partial charge in [-0.05, 0) is 6.26 Å². The van der Waals surface area contributed by atoms with Gasteiger partial charge >= 0.3 is 0 Å². The summed E-state index contributed by atoms with van der Waals surface area (Å²) < 4.78 is 0.700. The molecule has 0 radical (unpaired) electrons. The summed E-state index contributed by atoms with van der Waals surface area (Å²) in [7, 11) is 0. The van der Waals surface area contributed by atoms with Crippen LogP contribution in [0.4, 0.5) is 0 Å². The zero-order valence-corrected chi connectivity index (χ0v) is 6.52. The second kappa shape index (κ2) is 3.46. The van der Waals surface area contributed by atoms with Gasteiger partial charge in [0.15, 0.2) is 0 Å². The highest BCUT2D eigenvalue weighted by molar-refractivity contribution is 7.97. The third-order valence-electron chi connectivity index (χ3n) is 1.09. The van der Waals surface area contributed by atoms with Crippen LogP contribution in [0, 0.1) is 11.4 Å². The molecule has 1 rings (SSSR count). The van der Waals surface area contributed by atoms with Crippen LogP contribution in [-0.2, 0) is 5.75 Å². The van der Waals surface area contributed by atoms with Gasteiger partial charge in [0, 0.05) is 5.75 Å². The van der Waals surface area contributed by atoms with Crippen LogP contribution in [-0.4, -0.2) is 6.26 Å². The molecule has 0 unspecified atom stereocenters. The Balaban J connectivity index is 2.75. The molecule has 10 heavy (non-hydrogen) atoms. The number of nitrogens with zero attached hydrogens (tertiary/aromatic N) is 1. The quantitative estimate of drug-likeness (QED) is 0.361. The Morgan fingerprint density at radius 3 is 3.20 bits per heavy atom. The Hall–Kier alpha value is -0.700. The van der Waals surface area contributed by atoms with Gasteiger partial charge in [-0.25, -0.2) is 0 Å². The predicted octanol–water partition coefficient (Wildman–Crippen LogP) is 0.983. The summed E-state index contributed by atoms with van der Waals surface area (Å²) in [5.74, 6) is 0.886. The highest BCUT2D eigenvalue weighted by Crippen LogP contribution is 2.04. The highest BCUT2D eigenvalue weighted by Gasteiger charge is 1.85. The van der Waals surface area contributed by atoms with Crippen molar-refractivity contribution in [3.05, 3.63) is 35.3 Å². The Morgan fingerprint density at radius 2 is 2.60 bits per heavy atom. The molecule has 0 atom stereocenters. The number of thioether (sulfide) groups is 1. The second-order valence-electron chi connectivity index (χ2n) is 1.93. The first kappa shape index (κ1) is 7.41. The predicted molar refractivity (Wildman–Crippen MR) is 41.5 cm³/mol. The third kappa shape index (κ3) is 1.92. The zero-order valence-electron chi connectivity index (χ0n) is 5.70. The van der Waals surface area contributed by atoms with Gasteiger partial charge in [0.2, 0.25) is 0 Å². The Morgan fingerprint density at radius 1 is 1.80 bits per heavy atom. The summed E-state index contributed by atoms with van der Waals surface area (Å²) in [5.41, 5.74) is 1.04. The van der Waals surface area contributed by atoms with Crippen molar-refractivity contribution in [2.24, 2.45) is 0 Å². The molecular formula is C7H8NOS-. The summed E-state index contributed by atoms with van der Waals surface area (Å²) in [6.07, 6.45) is 6.03. The summed E-state index contributed by atoms with van der Waals surface area (Å²) in [4.78, 5) is 0. The second-order valence-corrected chi connectivity index (χ2v) is 2.79. The van der Waals surface area contributed by atoms with Crippen molar-refractivity contribution in [2.45, 2.75) is 5.75 Å². The molecule has 3 heteroatoms. The number of hydrogen-bond donors (Lipinski definition) is 0. The largest absolute Gasteiger partial charge is 0.641 e. The lowest BCUT2D eigenvalue weighted by Crippen LogP contribution is -2.25. The van der Waals surface area contributed by atoms with E-state index in [4.69, 9.17) is 0 Å². The molecule has 1 aromatic heterocycles. The van der Waals surface area contributed by atoms with E-state index in [2.05, 4.69) is 6.20 Å². The Kier molecular flexibility index (Phi) is 2.57. The summed E-state index contributed by atoms with van der Waals surface area (Å²) in [6.45, 7) is 0. The average Bonchev–Trinajstić information content (AvgIpc) is 1.88. The van der Waals surface area contributed by atoms with E-state index in [0.717, 1.165) is 11.3 Å². The zero-order chi connectivity index (χ0) is 7.40. The molecular weight excluding hydrogens is 146 g/mol. The van der Waals surface area contributed by atoms with Crippen LogP contribution >= 0.6 is 11.8 Å². The van der Waals surface area contributed by atoms with Crippen LogP contribution in [0.15, 0.2) is 18.3 Å². The smallest absolute Gasteiger partial charge is 0.125 e. The number of rotatable bonds is 2.